The van der Waals surface area contributed by atoms with Crippen molar-refractivity contribution in [1.82, 2.24) is 4.98 Å². The Bertz CT molecular complexity index is 246. The Kier molecular flexibility index (Phi) is 4.97. The van der Waals surface area contributed by atoms with Crippen molar-refractivity contribution >= 4 is 5.82 Å². The van der Waals surface area contributed by atoms with E-state index in [0.29, 0.717) is 0 Å². The number of rotatable bonds is 6. The molecule has 0 aromatic carbocycles. The monoisotopic (exact) mass is 196 g/mol. The SMILES string of the molecule is CCCCCCNc1ccc(F)cn1. The lowest BCUT2D eigenvalue weighted by Crippen LogP contribution is -2.02. The van der Waals surface area contributed by atoms with E-state index in [2.05, 4.69) is 17.2 Å². The average molecular weight is 196 g/mol. The number of hydrogen-bond acceptors (Lipinski definition) is 2. The van der Waals surface area contributed by atoms with Crippen molar-refractivity contribution in [3.63, 3.8) is 0 Å². The van der Waals surface area contributed by atoms with Gasteiger partial charge in [-0.1, -0.05) is 26.2 Å². The Morgan fingerprint density at radius 3 is 2.79 bits per heavy atom. The first-order valence-corrected chi connectivity index (χ1v) is 5.18. The van der Waals surface area contributed by atoms with Crippen LogP contribution in [-0.2, 0) is 0 Å². The second-order valence-corrected chi connectivity index (χ2v) is 3.35. The van der Waals surface area contributed by atoms with Crippen LogP contribution in [0, 0.1) is 5.82 Å². The van der Waals surface area contributed by atoms with Gasteiger partial charge in [0, 0.05) is 6.54 Å². The molecule has 0 radical (unpaired) electrons. The van der Waals surface area contributed by atoms with Gasteiger partial charge in [-0.15, -0.1) is 0 Å². The summed E-state index contributed by atoms with van der Waals surface area (Å²) in [5, 5.41) is 3.15. The summed E-state index contributed by atoms with van der Waals surface area (Å²) in [5.74, 6) is 0.462. The van der Waals surface area contributed by atoms with Gasteiger partial charge in [0.15, 0.2) is 0 Å². The van der Waals surface area contributed by atoms with Gasteiger partial charge in [-0.3, -0.25) is 0 Å². The molecule has 1 N–H and O–H groups in total. The van der Waals surface area contributed by atoms with E-state index in [9.17, 15) is 4.39 Å². The Morgan fingerprint density at radius 2 is 2.14 bits per heavy atom. The number of pyridine rings is 1. The van der Waals surface area contributed by atoms with E-state index in [-0.39, 0.29) is 5.82 Å². The first kappa shape index (κ1) is 11.0. The number of halogens is 1. The zero-order valence-electron chi connectivity index (χ0n) is 8.59. The van der Waals surface area contributed by atoms with E-state index in [1.165, 1.54) is 31.5 Å². The fraction of sp³-hybridized carbons (Fsp3) is 0.545. The van der Waals surface area contributed by atoms with Crippen molar-refractivity contribution in [3.8, 4) is 0 Å². The summed E-state index contributed by atoms with van der Waals surface area (Å²) in [5.41, 5.74) is 0. The van der Waals surface area contributed by atoms with Crippen molar-refractivity contribution in [2.75, 3.05) is 11.9 Å². The Balaban J connectivity index is 2.15. The molecule has 0 amide bonds. The summed E-state index contributed by atoms with van der Waals surface area (Å²) < 4.78 is 12.5. The van der Waals surface area contributed by atoms with Crippen molar-refractivity contribution in [2.45, 2.75) is 32.6 Å². The summed E-state index contributed by atoms with van der Waals surface area (Å²) >= 11 is 0. The number of unbranched alkanes of at least 4 members (excludes halogenated alkanes) is 3. The van der Waals surface area contributed by atoms with E-state index in [4.69, 9.17) is 0 Å². The third-order valence-corrected chi connectivity index (χ3v) is 2.06. The molecule has 0 aliphatic rings. The fourth-order valence-electron chi connectivity index (χ4n) is 1.25. The largest absolute Gasteiger partial charge is 0.370 e. The minimum Gasteiger partial charge on any atom is -0.370 e. The molecule has 0 saturated heterocycles. The molecule has 0 fully saturated rings. The third-order valence-electron chi connectivity index (χ3n) is 2.06. The molecule has 0 aliphatic heterocycles. The van der Waals surface area contributed by atoms with Crippen molar-refractivity contribution in [2.24, 2.45) is 0 Å². The van der Waals surface area contributed by atoms with Gasteiger partial charge in [0.2, 0.25) is 0 Å². The Labute approximate surface area is 84.6 Å². The van der Waals surface area contributed by atoms with Crippen LogP contribution in [0.2, 0.25) is 0 Å². The highest BCUT2D eigenvalue weighted by molar-refractivity contribution is 5.33. The molecule has 78 valence electrons. The third kappa shape index (κ3) is 4.21. The highest BCUT2D eigenvalue weighted by Gasteiger charge is 1.93. The average Bonchev–Trinajstić information content (AvgIpc) is 2.21. The van der Waals surface area contributed by atoms with Crippen LogP contribution in [0.3, 0.4) is 0 Å². The minimum absolute atomic E-state index is 0.290. The van der Waals surface area contributed by atoms with Crippen molar-refractivity contribution in [1.29, 1.82) is 0 Å². The van der Waals surface area contributed by atoms with Crippen LogP contribution in [-0.4, -0.2) is 11.5 Å². The van der Waals surface area contributed by atoms with Gasteiger partial charge in [-0.25, -0.2) is 9.37 Å². The zero-order chi connectivity index (χ0) is 10.2. The van der Waals surface area contributed by atoms with Gasteiger partial charge < -0.3 is 5.32 Å². The maximum absolute atomic E-state index is 12.5. The maximum atomic E-state index is 12.5. The first-order valence-electron chi connectivity index (χ1n) is 5.18. The van der Waals surface area contributed by atoms with Crippen LogP contribution in [0.4, 0.5) is 10.2 Å². The molecular weight excluding hydrogens is 179 g/mol. The van der Waals surface area contributed by atoms with E-state index in [0.717, 1.165) is 18.8 Å². The minimum atomic E-state index is -0.290. The molecule has 14 heavy (non-hydrogen) atoms. The fourth-order valence-corrected chi connectivity index (χ4v) is 1.25. The van der Waals surface area contributed by atoms with Gasteiger partial charge in [0.25, 0.3) is 0 Å². The summed E-state index contributed by atoms with van der Waals surface area (Å²) in [6.45, 7) is 3.10. The molecule has 0 saturated carbocycles. The topological polar surface area (TPSA) is 24.9 Å². The van der Waals surface area contributed by atoms with Crippen LogP contribution in [0.5, 0.6) is 0 Å². The standard InChI is InChI=1S/C11H17FN2/c1-2-3-4-5-8-13-11-7-6-10(12)9-14-11/h6-7,9H,2-5,8H2,1H3,(H,13,14). The lowest BCUT2D eigenvalue weighted by molar-refractivity contribution is 0.621. The number of nitrogens with one attached hydrogen (secondary N) is 1. The molecule has 0 aliphatic carbocycles. The molecule has 1 aromatic rings. The molecule has 0 bridgehead atoms. The normalized spacial score (nSPS) is 10.1. The molecular formula is C11H17FN2. The number of hydrogen-bond donors (Lipinski definition) is 1. The molecule has 3 heteroatoms. The maximum Gasteiger partial charge on any atom is 0.141 e. The van der Waals surface area contributed by atoms with Crippen LogP contribution >= 0.6 is 0 Å². The predicted molar refractivity (Wildman–Crippen MR) is 56.8 cm³/mol. The molecule has 1 rings (SSSR count). The summed E-state index contributed by atoms with van der Waals surface area (Å²) in [6, 6.07) is 3.08. The predicted octanol–water partition coefficient (Wildman–Crippen LogP) is 3.21. The van der Waals surface area contributed by atoms with E-state index < -0.39 is 0 Å². The number of nitrogens with zero attached hydrogens (tertiary/aromatic N) is 1. The molecule has 1 aromatic heterocycles. The highest BCUT2D eigenvalue weighted by Crippen LogP contribution is 2.04. The Hall–Kier alpha value is -1.12. The molecule has 0 spiro atoms. The van der Waals surface area contributed by atoms with Crippen LogP contribution in [0.1, 0.15) is 32.6 Å². The number of aromatic nitrogens is 1. The Morgan fingerprint density at radius 1 is 1.29 bits per heavy atom. The molecule has 1 heterocycles. The zero-order valence-corrected chi connectivity index (χ0v) is 8.59. The quantitative estimate of drug-likeness (QED) is 0.707. The second-order valence-electron chi connectivity index (χ2n) is 3.35. The number of anilines is 1. The van der Waals surface area contributed by atoms with E-state index in [1.807, 2.05) is 0 Å². The van der Waals surface area contributed by atoms with Gasteiger partial charge >= 0.3 is 0 Å². The summed E-state index contributed by atoms with van der Waals surface area (Å²) in [6.07, 6.45) is 6.14. The lowest BCUT2D eigenvalue weighted by Gasteiger charge is -2.04. The molecule has 2 nitrogen and oxygen atoms in total. The van der Waals surface area contributed by atoms with Crippen LogP contribution in [0.25, 0.3) is 0 Å². The molecule has 0 atom stereocenters. The van der Waals surface area contributed by atoms with Crippen molar-refractivity contribution in [3.05, 3.63) is 24.1 Å². The van der Waals surface area contributed by atoms with Crippen molar-refractivity contribution < 1.29 is 4.39 Å². The van der Waals surface area contributed by atoms with Gasteiger partial charge in [-0.2, -0.15) is 0 Å². The smallest absolute Gasteiger partial charge is 0.141 e. The molecule has 0 unspecified atom stereocenters. The van der Waals surface area contributed by atoms with Crippen LogP contribution < -0.4 is 5.32 Å². The lowest BCUT2D eigenvalue weighted by atomic mass is 10.2. The van der Waals surface area contributed by atoms with Crippen LogP contribution in [0.15, 0.2) is 18.3 Å². The highest BCUT2D eigenvalue weighted by atomic mass is 19.1. The van der Waals surface area contributed by atoms with E-state index in [1.54, 1.807) is 6.07 Å². The summed E-state index contributed by atoms with van der Waals surface area (Å²) in [4.78, 5) is 3.91. The van der Waals surface area contributed by atoms with Gasteiger partial charge in [0.05, 0.1) is 6.20 Å². The van der Waals surface area contributed by atoms with Gasteiger partial charge in [-0.05, 0) is 18.6 Å². The van der Waals surface area contributed by atoms with Gasteiger partial charge in [0.1, 0.15) is 11.6 Å². The second kappa shape index (κ2) is 6.35. The van der Waals surface area contributed by atoms with E-state index >= 15 is 0 Å². The summed E-state index contributed by atoms with van der Waals surface area (Å²) in [7, 11) is 0. The first-order chi connectivity index (χ1) is 6.83.